The molecule has 0 fully saturated rings. The molecule has 0 bridgehead atoms. The molecule has 0 saturated heterocycles. The highest BCUT2D eigenvalue weighted by Gasteiger charge is 2.42. The van der Waals surface area contributed by atoms with Crippen LogP contribution in [0.2, 0.25) is 5.02 Å². The first-order valence-electron chi connectivity index (χ1n) is 9.57. The van der Waals surface area contributed by atoms with Gasteiger partial charge in [0.05, 0.1) is 17.0 Å². The summed E-state index contributed by atoms with van der Waals surface area (Å²) in [6, 6.07) is 10.5. The van der Waals surface area contributed by atoms with E-state index in [1.165, 1.54) is 0 Å². The van der Waals surface area contributed by atoms with Gasteiger partial charge in [-0.05, 0) is 68.9 Å². The van der Waals surface area contributed by atoms with Crippen molar-refractivity contribution in [2.45, 2.75) is 19.9 Å². The van der Waals surface area contributed by atoms with E-state index in [2.05, 4.69) is 0 Å². The SMILES string of the molecule is Cc1cc2oc3c(c(=O)c2cc1C)C(c1ccc(Cl)cc1)N(CCN(C)C)C3=O. The van der Waals surface area contributed by atoms with Gasteiger partial charge in [0.1, 0.15) is 5.58 Å². The van der Waals surface area contributed by atoms with Crippen molar-refractivity contribution in [2.75, 3.05) is 27.2 Å². The molecule has 1 atom stereocenters. The lowest BCUT2D eigenvalue weighted by molar-refractivity contribution is 0.0716. The fraction of sp³-hybridized carbons (Fsp3) is 0.304. The Balaban J connectivity index is 1.96. The number of halogens is 1. The molecule has 5 nitrogen and oxygen atoms in total. The highest BCUT2D eigenvalue weighted by Crippen LogP contribution is 2.38. The molecule has 29 heavy (non-hydrogen) atoms. The number of likely N-dealkylation sites (N-methyl/N-ethyl adjacent to an activating group) is 1. The number of carbonyl (C=O) groups excluding carboxylic acids is 1. The number of nitrogens with zero attached hydrogens (tertiary/aromatic N) is 2. The zero-order valence-electron chi connectivity index (χ0n) is 17.0. The molecule has 3 aromatic rings. The molecular weight excluding hydrogens is 388 g/mol. The van der Waals surface area contributed by atoms with Gasteiger partial charge in [0, 0.05) is 18.1 Å². The summed E-state index contributed by atoms with van der Waals surface area (Å²) in [7, 11) is 3.91. The summed E-state index contributed by atoms with van der Waals surface area (Å²) in [5, 5.41) is 1.11. The zero-order chi connectivity index (χ0) is 20.9. The van der Waals surface area contributed by atoms with Gasteiger partial charge in [-0.15, -0.1) is 0 Å². The molecule has 1 aliphatic rings. The molecule has 0 saturated carbocycles. The van der Waals surface area contributed by atoms with E-state index in [0.29, 0.717) is 34.6 Å². The van der Waals surface area contributed by atoms with Crippen molar-refractivity contribution in [3.05, 3.63) is 79.7 Å². The minimum Gasteiger partial charge on any atom is -0.450 e. The van der Waals surface area contributed by atoms with Gasteiger partial charge in [0.15, 0.2) is 5.43 Å². The van der Waals surface area contributed by atoms with Crippen molar-refractivity contribution in [1.29, 1.82) is 0 Å². The first kappa shape index (κ1) is 19.7. The van der Waals surface area contributed by atoms with Crippen LogP contribution in [0.1, 0.15) is 38.9 Å². The van der Waals surface area contributed by atoms with Crippen molar-refractivity contribution in [2.24, 2.45) is 0 Å². The van der Waals surface area contributed by atoms with E-state index in [1.54, 1.807) is 17.0 Å². The Morgan fingerprint density at radius 2 is 1.72 bits per heavy atom. The molecule has 0 spiro atoms. The van der Waals surface area contributed by atoms with Crippen LogP contribution in [0.3, 0.4) is 0 Å². The predicted molar refractivity (Wildman–Crippen MR) is 115 cm³/mol. The maximum absolute atomic E-state index is 13.5. The summed E-state index contributed by atoms with van der Waals surface area (Å²) in [6.45, 7) is 5.09. The Labute approximate surface area is 174 Å². The summed E-state index contributed by atoms with van der Waals surface area (Å²) < 4.78 is 6.01. The standard InChI is InChI=1S/C23H23ClN2O3/c1-13-11-17-18(12-14(13)2)29-22-19(21(17)27)20(15-5-7-16(24)8-6-15)26(23(22)28)10-9-25(3)4/h5-8,11-12,20H,9-10H2,1-4H3. The third-order valence-electron chi connectivity index (χ3n) is 5.56. The van der Waals surface area contributed by atoms with Gasteiger partial charge in [0.2, 0.25) is 5.76 Å². The van der Waals surface area contributed by atoms with Gasteiger partial charge >= 0.3 is 0 Å². The van der Waals surface area contributed by atoms with Crippen LogP contribution < -0.4 is 5.43 Å². The number of hydrogen-bond acceptors (Lipinski definition) is 4. The van der Waals surface area contributed by atoms with Crippen LogP contribution in [0, 0.1) is 13.8 Å². The smallest absolute Gasteiger partial charge is 0.290 e. The maximum atomic E-state index is 13.5. The third kappa shape index (κ3) is 3.34. The van der Waals surface area contributed by atoms with Crippen LogP contribution in [0.15, 0.2) is 45.6 Å². The Kier molecular flexibility index (Phi) is 4.97. The van der Waals surface area contributed by atoms with Crippen LogP contribution in [0.4, 0.5) is 0 Å². The van der Waals surface area contributed by atoms with Crippen molar-refractivity contribution >= 4 is 28.5 Å². The highest BCUT2D eigenvalue weighted by atomic mass is 35.5. The number of aryl methyl sites for hydroxylation is 2. The van der Waals surface area contributed by atoms with Gasteiger partial charge < -0.3 is 14.2 Å². The normalized spacial score (nSPS) is 16.1. The van der Waals surface area contributed by atoms with Crippen LogP contribution >= 0.6 is 11.6 Å². The maximum Gasteiger partial charge on any atom is 0.290 e. The first-order valence-corrected chi connectivity index (χ1v) is 9.95. The van der Waals surface area contributed by atoms with Gasteiger partial charge in [0.25, 0.3) is 5.91 Å². The molecule has 0 radical (unpaired) electrons. The number of carbonyl (C=O) groups is 1. The average Bonchev–Trinajstić information content (AvgIpc) is 2.95. The molecule has 0 aliphatic carbocycles. The molecule has 1 unspecified atom stereocenters. The molecular formula is C23H23ClN2O3. The lowest BCUT2D eigenvalue weighted by atomic mass is 9.97. The van der Waals surface area contributed by atoms with Crippen LogP contribution in [0.25, 0.3) is 11.0 Å². The second-order valence-electron chi connectivity index (χ2n) is 7.86. The number of amides is 1. The minimum atomic E-state index is -0.489. The van der Waals surface area contributed by atoms with E-state index in [-0.39, 0.29) is 17.1 Å². The fourth-order valence-corrected chi connectivity index (χ4v) is 3.93. The van der Waals surface area contributed by atoms with E-state index in [4.69, 9.17) is 16.0 Å². The van der Waals surface area contributed by atoms with Gasteiger partial charge in [-0.25, -0.2) is 0 Å². The lowest BCUT2D eigenvalue weighted by Crippen LogP contribution is -2.35. The monoisotopic (exact) mass is 410 g/mol. The Morgan fingerprint density at radius 1 is 1.07 bits per heavy atom. The summed E-state index contributed by atoms with van der Waals surface area (Å²) in [6.07, 6.45) is 0. The Bertz CT molecular complexity index is 1170. The van der Waals surface area contributed by atoms with Gasteiger partial charge in [-0.3, -0.25) is 9.59 Å². The van der Waals surface area contributed by atoms with Crippen LogP contribution in [-0.4, -0.2) is 42.9 Å². The van der Waals surface area contributed by atoms with E-state index < -0.39 is 6.04 Å². The summed E-state index contributed by atoms with van der Waals surface area (Å²) in [5.74, 6) is -0.108. The molecule has 1 aliphatic heterocycles. The molecule has 1 aromatic heterocycles. The van der Waals surface area contributed by atoms with Gasteiger partial charge in [-0.2, -0.15) is 0 Å². The molecule has 6 heteroatoms. The molecule has 2 heterocycles. The highest BCUT2D eigenvalue weighted by molar-refractivity contribution is 6.30. The number of rotatable bonds is 4. The fourth-order valence-electron chi connectivity index (χ4n) is 3.81. The molecule has 150 valence electrons. The van der Waals surface area contributed by atoms with Crippen molar-refractivity contribution in [3.63, 3.8) is 0 Å². The third-order valence-corrected chi connectivity index (χ3v) is 5.81. The van der Waals surface area contributed by atoms with Crippen molar-refractivity contribution < 1.29 is 9.21 Å². The molecule has 4 rings (SSSR count). The van der Waals surface area contributed by atoms with Crippen LogP contribution in [0.5, 0.6) is 0 Å². The zero-order valence-corrected chi connectivity index (χ0v) is 17.7. The topological polar surface area (TPSA) is 53.8 Å². The number of hydrogen-bond donors (Lipinski definition) is 0. The summed E-state index contributed by atoms with van der Waals surface area (Å²) in [4.78, 5) is 30.5. The van der Waals surface area contributed by atoms with E-state index in [1.807, 2.05) is 57.1 Å². The Morgan fingerprint density at radius 3 is 2.38 bits per heavy atom. The van der Waals surface area contributed by atoms with E-state index >= 15 is 0 Å². The Hall–Kier alpha value is -2.63. The average molecular weight is 411 g/mol. The minimum absolute atomic E-state index is 0.143. The molecule has 1 amide bonds. The first-order chi connectivity index (χ1) is 13.8. The largest absolute Gasteiger partial charge is 0.450 e. The number of benzene rings is 2. The second-order valence-corrected chi connectivity index (χ2v) is 8.30. The van der Waals surface area contributed by atoms with E-state index in [0.717, 1.165) is 16.7 Å². The quantitative estimate of drug-likeness (QED) is 0.647. The lowest BCUT2D eigenvalue weighted by Gasteiger charge is -2.26. The van der Waals surface area contributed by atoms with Crippen molar-refractivity contribution in [3.8, 4) is 0 Å². The van der Waals surface area contributed by atoms with Crippen molar-refractivity contribution in [1.82, 2.24) is 9.80 Å². The van der Waals surface area contributed by atoms with Gasteiger partial charge in [-0.1, -0.05) is 23.7 Å². The number of fused-ring (bicyclic) bond motifs is 2. The second kappa shape index (κ2) is 7.32. The summed E-state index contributed by atoms with van der Waals surface area (Å²) in [5.41, 5.74) is 3.59. The van der Waals surface area contributed by atoms with E-state index in [9.17, 15) is 9.59 Å². The summed E-state index contributed by atoms with van der Waals surface area (Å²) >= 11 is 6.06. The molecule has 2 aromatic carbocycles. The van der Waals surface area contributed by atoms with Crippen LogP contribution in [-0.2, 0) is 0 Å². The molecule has 0 N–H and O–H groups in total. The predicted octanol–water partition coefficient (Wildman–Crippen LogP) is 4.17.